The van der Waals surface area contributed by atoms with Crippen LogP contribution in [0.4, 0.5) is 19.0 Å². The highest BCUT2D eigenvalue weighted by Gasteiger charge is 2.32. The van der Waals surface area contributed by atoms with E-state index in [1.54, 1.807) is 4.90 Å². The molecule has 1 saturated heterocycles. The molecule has 0 radical (unpaired) electrons. The Morgan fingerprint density at radius 3 is 2.53 bits per heavy atom. The van der Waals surface area contributed by atoms with E-state index >= 15 is 0 Å². The number of β-amino-alcohol motifs (C(OH)–C–C–N with tert-alkyl or cyclic N) is 1. The molecule has 1 fully saturated rings. The first-order valence-electron chi connectivity index (χ1n) is 5.01. The van der Waals surface area contributed by atoms with E-state index in [0.29, 0.717) is 18.9 Å². The van der Waals surface area contributed by atoms with E-state index in [2.05, 4.69) is 9.72 Å². The van der Waals surface area contributed by atoms with Crippen LogP contribution in [0.25, 0.3) is 0 Å². The van der Waals surface area contributed by atoms with Crippen molar-refractivity contribution in [3.63, 3.8) is 0 Å². The lowest BCUT2D eigenvalue weighted by Gasteiger charge is -2.37. The van der Waals surface area contributed by atoms with Gasteiger partial charge >= 0.3 is 6.36 Å². The van der Waals surface area contributed by atoms with Gasteiger partial charge in [0.2, 0.25) is 0 Å². The third kappa shape index (κ3) is 2.79. The highest BCUT2D eigenvalue weighted by Crippen LogP contribution is 2.28. The number of aryl methyl sites for hydroxylation is 1. The third-order valence-corrected chi connectivity index (χ3v) is 2.43. The zero-order valence-corrected chi connectivity index (χ0v) is 9.03. The first-order valence-corrected chi connectivity index (χ1v) is 5.01. The number of aliphatic hydroxyl groups is 1. The molecule has 2 rings (SSSR count). The minimum absolute atomic E-state index is 0.168. The van der Waals surface area contributed by atoms with Gasteiger partial charge in [-0.05, 0) is 19.1 Å². The fourth-order valence-corrected chi connectivity index (χ4v) is 1.59. The quantitative estimate of drug-likeness (QED) is 0.860. The number of hydrogen-bond donors (Lipinski definition) is 1. The second-order valence-corrected chi connectivity index (χ2v) is 3.86. The lowest BCUT2D eigenvalue weighted by Crippen LogP contribution is -2.51. The van der Waals surface area contributed by atoms with Gasteiger partial charge in [-0.3, -0.25) is 0 Å². The van der Waals surface area contributed by atoms with Gasteiger partial charge in [-0.15, -0.1) is 13.2 Å². The van der Waals surface area contributed by atoms with Crippen LogP contribution < -0.4 is 9.64 Å². The SMILES string of the molecule is Cc1nc(N2CC(O)C2)ccc1OC(F)(F)F. The number of alkyl halides is 3. The Balaban J connectivity index is 2.12. The van der Waals surface area contributed by atoms with Gasteiger partial charge in [0.05, 0.1) is 11.8 Å². The van der Waals surface area contributed by atoms with Crippen molar-refractivity contribution in [3.05, 3.63) is 17.8 Å². The van der Waals surface area contributed by atoms with Crippen molar-refractivity contribution in [1.82, 2.24) is 4.98 Å². The van der Waals surface area contributed by atoms with Crippen LogP contribution in [-0.4, -0.2) is 35.6 Å². The van der Waals surface area contributed by atoms with E-state index < -0.39 is 6.36 Å². The molecule has 7 heteroatoms. The Kier molecular flexibility index (Phi) is 2.86. The van der Waals surface area contributed by atoms with E-state index in [1.807, 2.05) is 0 Å². The van der Waals surface area contributed by atoms with Crippen molar-refractivity contribution in [3.8, 4) is 5.75 Å². The number of nitrogens with zero attached hydrogens (tertiary/aromatic N) is 2. The van der Waals surface area contributed by atoms with Gasteiger partial charge in [0, 0.05) is 13.1 Å². The molecule has 0 saturated carbocycles. The molecule has 0 spiro atoms. The van der Waals surface area contributed by atoms with Crippen LogP contribution >= 0.6 is 0 Å². The zero-order valence-electron chi connectivity index (χ0n) is 9.03. The molecule has 1 N–H and O–H groups in total. The van der Waals surface area contributed by atoms with Crippen LogP contribution in [0, 0.1) is 6.92 Å². The molecule has 0 amide bonds. The fraction of sp³-hybridized carbons (Fsp3) is 0.500. The molecule has 4 nitrogen and oxygen atoms in total. The summed E-state index contributed by atoms with van der Waals surface area (Å²) in [4.78, 5) is 5.78. The van der Waals surface area contributed by atoms with Crippen LogP contribution in [0.1, 0.15) is 5.69 Å². The van der Waals surface area contributed by atoms with Gasteiger partial charge in [0.1, 0.15) is 5.82 Å². The van der Waals surface area contributed by atoms with E-state index in [4.69, 9.17) is 5.11 Å². The van der Waals surface area contributed by atoms with Crippen LogP contribution in [0.2, 0.25) is 0 Å². The molecule has 2 heterocycles. The fourth-order valence-electron chi connectivity index (χ4n) is 1.59. The predicted molar refractivity (Wildman–Crippen MR) is 53.9 cm³/mol. The Bertz CT molecular complexity index is 417. The highest BCUT2D eigenvalue weighted by molar-refractivity contribution is 5.46. The maximum Gasteiger partial charge on any atom is 0.573 e. The van der Waals surface area contributed by atoms with Crippen molar-refractivity contribution in [2.75, 3.05) is 18.0 Å². The van der Waals surface area contributed by atoms with Crippen molar-refractivity contribution in [2.24, 2.45) is 0 Å². The summed E-state index contributed by atoms with van der Waals surface area (Å²) in [6.45, 7) is 2.35. The van der Waals surface area contributed by atoms with Crippen LogP contribution in [-0.2, 0) is 0 Å². The largest absolute Gasteiger partial charge is 0.573 e. The molecule has 1 aliphatic rings. The summed E-state index contributed by atoms with van der Waals surface area (Å²) in [5.74, 6) is 0.240. The lowest BCUT2D eigenvalue weighted by atomic mass is 10.1. The number of rotatable bonds is 2. The average Bonchev–Trinajstić information content (AvgIpc) is 2.15. The molecule has 94 valence electrons. The number of halogens is 3. The molecule has 1 aromatic rings. The van der Waals surface area contributed by atoms with Crippen LogP contribution in [0.5, 0.6) is 5.75 Å². The Morgan fingerprint density at radius 1 is 1.41 bits per heavy atom. The second kappa shape index (κ2) is 4.06. The lowest BCUT2D eigenvalue weighted by molar-refractivity contribution is -0.275. The summed E-state index contributed by atoms with van der Waals surface area (Å²) in [6.07, 6.45) is -5.09. The number of aromatic nitrogens is 1. The normalized spacial score (nSPS) is 16.9. The molecule has 0 atom stereocenters. The van der Waals surface area contributed by atoms with Gasteiger partial charge < -0.3 is 14.7 Å². The van der Waals surface area contributed by atoms with Gasteiger partial charge in [-0.2, -0.15) is 0 Å². The monoisotopic (exact) mass is 248 g/mol. The molecular formula is C10H11F3N2O2. The molecule has 0 unspecified atom stereocenters. The molecular weight excluding hydrogens is 237 g/mol. The summed E-state index contributed by atoms with van der Waals surface area (Å²) in [7, 11) is 0. The van der Waals surface area contributed by atoms with Crippen molar-refractivity contribution in [2.45, 2.75) is 19.4 Å². The summed E-state index contributed by atoms with van der Waals surface area (Å²) in [5.41, 5.74) is 0.168. The summed E-state index contributed by atoms with van der Waals surface area (Å²) in [5, 5.41) is 9.11. The summed E-state index contributed by atoms with van der Waals surface area (Å²) >= 11 is 0. The maximum absolute atomic E-state index is 12.0. The average molecular weight is 248 g/mol. The molecule has 0 bridgehead atoms. The number of ether oxygens (including phenoxy) is 1. The topological polar surface area (TPSA) is 45.6 Å². The number of pyridine rings is 1. The molecule has 1 aliphatic heterocycles. The zero-order chi connectivity index (χ0) is 12.6. The Labute approximate surface area is 95.6 Å². The number of anilines is 1. The molecule has 1 aromatic heterocycles. The van der Waals surface area contributed by atoms with E-state index in [1.165, 1.54) is 19.1 Å². The second-order valence-electron chi connectivity index (χ2n) is 3.86. The van der Waals surface area contributed by atoms with Gasteiger partial charge in [-0.25, -0.2) is 4.98 Å². The standard InChI is InChI=1S/C10H11F3N2O2/c1-6-8(17-10(11,12)13)2-3-9(14-6)15-4-7(16)5-15/h2-3,7,16H,4-5H2,1H3. The maximum atomic E-state index is 12.0. The number of hydrogen-bond acceptors (Lipinski definition) is 4. The van der Waals surface area contributed by atoms with Crippen LogP contribution in [0.15, 0.2) is 12.1 Å². The molecule has 0 aliphatic carbocycles. The van der Waals surface area contributed by atoms with Crippen molar-refractivity contribution < 1.29 is 23.0 Å². The number of aliphatic hydroxyl groups excluding tert-OH is 1. The Hall–Kier alpha value is -1.50. The first kappa shape index (κ1) is 12.0. The van der Waals surface area contributed by atoms with Crippen LogP contribution in [0.3, 0.4) is 0 Å². The van der Waals surface area contributed by atoms with E-state index in [0.717, 1.165) is 0 Å². The van der Waals surface area contributed by atoms with Crippen molar-refractivity contribution in [1.29, 1.82) is 0 Å². The minimum Gasteiger partial charge on any atom is -0.404 e. The van der Waals surface area contributed by atoms with Crippen molar-refractivity contribution >= 4 is 5.82 Å². The summed E-state index contributed by atoms with van der Waals surface area (Å²) < 4.78 is 39.9. The van der Waals surface area contributed by atoms with Gasteiger partial charge in [0.15, 0.2) is 5.75 Å². The first-order chi connectivity index (χ1) is 7.85. The molecule has 0 aromatic carbocycles. The smallest absolute Gasteiger partial charge is 0.404 e. The van der Waals surface area contributed by atoms with E-state index in [-0.39, 0.29) is 17.5 Å². The van der Waals surface area contributed by atoms with E-state index in [9.17, 15) is 13.2 Å². The van der Waals surface area contributed by atoms with Gasteiger partial charge in [-0.1, -0.05) is 0 Å². The van der Waals surface area contributed by atoms with Gasteiger partial charge in [0.25, 0.3) is 0 Å². The predicted octanol–water partition coefficient (Wildman–Crippen LogP) is 1.47. The Morgan fingerprint density at radius 2 is 2.06 bits per heavy atom. The summed E-state index contributed by atoms with van der Waals surface area (Å²) in [6, 6.07) is 2.68. The third-order valence-electron chi connectivity index (χ3n) is 2.43. The minimum atomic E-state index is -4.71. The molecule has 17 heavy (non-hydrogen) atoms. The highest BCUT2D eigenvalue weighted by atomic mass is 19.4.